The second kappa shape index (κ2) is 9.28. The van der Waals surface area contributed by atoms with Gasteiger partial charge in [-0.1, -0.05) is 18.2 Å². The summed E-state index contributed by atoms with van der Waals surface area (Å²) in [7, 11) is 5.26. The first-order chi connectivity index (χ1) is 16.6. The van der Waals surface area contributed by atoms with Crippen LogP contribution in [0.15, 0.2) is 54.7 Å². The lowest BCUT2D eigenvalue weighted by atomic mass is 10.1. The molecule has 0 unspecified atom stereocenters. The highest BCUT2D eigenvalue weighted by atomic mass is 32.1. The van der Waals surface area contributed by atoms with E-state index >= 15 is 0 Å². The lowest BCUT2D eigenvalue weighted by molar-refractivity contribution is 0.102. The van der Waals surface area contributed by atoms with Crippen LogP contribution in [-0.2, 0) is 13.0 Å². The van der Waals surface area contributed by atoms with Gasteiger partial charge in [-0.05, 0) is 37.4 Å². The zero-order chi connectivity index (χ0) is 23.7. The number of ether oxygens (including phenoxy) is 2. The SMILES string of the molecule is COc1ccc(-c2nn(-c3ccccc3)cc2C(=O)Nc2nc3c(s2)CN(C)CC3)cc1OC. The van der Waals surface area contributed by atoms with Gasteiger partial charge in [0.05, 0.1) is 31.2 Å². The number of rotatable bonds is 6. The smallest absolute Gasteiger partial charge is 0.261 e. The fourth-order valence-electron chi connectivity index (χ4n) is 3.99. The van der Waals surface area contributed by atoms with E-state index in [-0.39, 0.29) is 5.91 Å². The number of anilines is 1. The lowest BCUT2D eigenvalue weighted by Crippen LogP contribution is -2.25. The summed E-state index contributed by atoms with van der Waals surface area (Å²) in [4.78, 5) is 21.6. The van der Waals surface area contributed by atoms with Crippen molar-refractivity contribution in [3.05, 3.63) is 70.9 Å². The number of carbonyl (C=O) groups excluding carboxylic acids is 1. The number of likely N-dealkylation sites (N-methyl/N-ethyl adjacent to an activating group) is 1. The predicted molar refractivity (Wildman–Crippen MR) is 132 cm³/mol. The first-order valence-electron chi connectivity index (χ1n) is 10.9. The minimum atomic E-state index is -0.258. The maximum Gasteiger partial charge on any atom is 0.261 e. The minimum absolute atomic E-state index is 0.258. The van der Waals surface area contributed by atoms with Gasteiger partial charge in [0.1, 0.15) is 5.69 Å². The quantitative estimate of drug-likeness (QED) is 0.449. The average molecular weight is 476 g/mol. The molecule has 4 aromatic rings. The number of thiazole rings is 1. The summed E-state index contributed by atoms with van der Waals surface area (Å²) >= 11 is 1.53. The molecule has 0 atom stereocenters. The zero-order valence-corrected chi connectivity index (χ0v) is 20.1. The highest BCUT2D eigenvalue weighted by Gasteiger charge is 2.23. The number of methoxy groups -OCH3 is 2. The molecule has 0 fully saturated rings. The second-order valence-electron chi connectivity index (χ2n) is 8.07. The summed E-state index contributed by atoms with van der Waals surface area (Å²) in [5.41, 5.74) is 3.66. The molecule has 8 nitrogen and oxygen atoms in total. The number of benzene rings is 2. The molecule has 0 aliphatic carbocycles. The molecule has 1 amide bonds. The fraction of sp³-hybridized carbons (Fsp3) is 0.240. The first-order valence-corrected chi connectivity index (χ1v) is 11.7. The number of nitrogens with one attached hydrogen (secondary N) is 1. The zero-order valence-electron chi connectivity index (χ0n) is 19.2. The van der Waals surface area contributed by atoms with Crippen molar-refractivity contribution in [1.82, 2.24) is 19.7 Å². The normalized spacial score (nSPS) is 13.4. The molecule has 1 aliphatic rings. The van der Waals surface area contributed by atoms with Crippen LogP contribution in [0.2, 0.25) is 0 Å². The molecule has 1 N–H and O–H groups in total. The van der Waals surface area contributed by atoms with Crippen molar-refractivity contribution < 1.29 is 14.3 Å². The van der Waals surface area contributed by atoms with Crippen molar-refractivity contribution >= 4 is 22.4 Å². The molecule has 174 valence electrons. The highest BCUT2D eigenvalue weighted by Crippen LogP contribution is 2.34. The van der Waals surface area contributed by atoms with Crippen LogP contribution in [0.25, 0.3) is 16.9 Å². The Morgan fingerprint density at radius 3 is 2.65 bits per heavy atom. The summed E-state index contributed by atoms with van der Waals surface area (Å²) in [5.74, 6) is 0.918. The molecule has 9 heteroatoms. The summed E-state index contributed by atoms with van der Waals surface area (Å²) < 4.78 is 12.5. The van der Waals surface area contributed by atoms with Gasteiger partial charge in [-0.3, -0.25) is 10.1 Å². The molecule has 1 aliphatic heterocycles. The van der Waals surface area contributed by atoms with Crippen molar-refractivity contribution in [3.8, 4) is 28.4 Å². The van der Waals surface area contributed by atoms with Gasteiger partial charge in [0.25, 0.3) is 5.91 Å². The van der Waals surface area contributed by atoms with Crippen molar-refractivity contribution in [2.45, 2.75) is 13.0 Å². The van der Waals surface area contributed by atoms with Crippen LogP contribution in [0, 0.1) is 0 Å². The van der Waals surface area contributed by atoms with Gasteiger partial charge >= 0.3 is 0 Å². The fourth-order valence-corrected chi connectivity index (χ4v) is 5.07. The summed E-state index contributed by atoms with van der Waals surface area (Å²) in [6.07, 6.45) is 2.64. The van der Waals surface area contributed by atoms with Crippen LogP contribution in [-0.4, -0.2) is 53.4 Å². The summed E-state index contributed by atoms with van der Waals surface area (Å²) in [5, 5.41) is 8.36. The molecular formula is C25H25N5O3S. The molecule has 2 aromatic carbocycles. The van der Waals surface area contributed by atoms with Crippen molar-refractivity contribution in [1.29, 1.82) is 0 Å². The van der Waals surface area contributed by atoms with E-state index < -0.39 is 0 Å². The Labute approximate surface area is 201 Å². The number of carbonyl (C=O) groups is 1. The molecule has 5 rings (SSSR count). The molecule has 0 spiro atoms. The summed E-state index contributed by atoms with van der Waals surface area (Å²) in [6.45, 7) is 1.82. The van der Waals surface area contributed by atoms with E-state index in [4.69, 9.17) is 14.6 Å². The van der Waals surface area contributed by atoms with Gasteiger partial charge in [0.2, 0.25) is 0 Å². The molecule has 0 radical (unpaired) electrons. The Balaban J connectivity index is 1.53. The largest absolute Gasteiger partial charge is 0.493 e. The predicted octanol–water partition coefficient (Wildman–Crippen LogP) is 4.25. The second-order valence-corrected chi connectivity index (χ2v) is 9.16. The monoisotopic (exact) mass is 475 g/mol. The number of hydrogen-bond acceptors (Lipinski definition) is 7. The Morgan fingerprint density at radius 2 is 1.88 bits per heavy atom. The van der Waals surface area contributed by atoms with E-state index in [1.54, 1.807) is 25.1 Å². The van der Waals surface area contributed by atoms with E-state index in [1.807, 2.05) is 48.5 Å². The minimum Gasteiger partial charge on any atom is -0.493 e. The number of amides is 1. The van der Waals surface area contributed by atoms with Crippen LogP contribution >= 0.6 is 11.3 Å². The number of hydrogen-bond donors (Lipinski definition) is 1. The van der Waals surface area contributed by atoms with E-state index in [0.717, 1.165) is 36.5 Å². The van der Waals surface area contributed by atoms with Crippen LogP contribution in [0.1, 0.15) is 20.9 Å². The third-order valence-corrected chi connectivity index (χ3v) is 6.78. The maximum absolute atomic E-state index is 13.4. The molecule has 0 saturated carbocycles. The molecule has 34 heavy (non-hydrogen) atoms. The van der Waals surface area contributed by atoms with Crippen LogP contribution < -0.4 is 14.8 Å². The molecule has 3 heterocycles. The molecule has 2 aromatic heterocycles. The van der Waals surface area contributed by atoms with E-state index in [1.165, 1.54) is 16.2 Å². The van der Waals surface area contributed by atoms with Crippen LogP contribution in [0.3, 0.4) is 0 Å². The van der Waals surface area contributed by atoms with Crippen molar-refractivity contribution in [2.24, 2.45) is 0 Å². The third-order valence-electron chi connectivity index (χ3n) is 5.78. The lowest BCUT2D eigenvalue weighted by Gasteiger charge is -2.20. The van der Waals surface area contributed by atoms with Gasteiger partial charge in [-0.25, -0.2) is 9.67 Å². The van der Waals surface area contributed by atoms with E-state index in [0.29, 0.717) is 27.9 Å². The number of nitrogens with zero attached hydrogens (tertiary/aromatic N) is 4. The topological polar surface area (TPSA) is 81.5 Å². The number of fused-ring (bicyclic) bond motifs is 1. The standard InChI is InChI=1S/C25H25N5O3S/c1-29-12-11-19-22(15-29)34-25(26-19)27-24(31)18-14-30(17-7-5-4-6-8-17)28-23(18)16-9-10-20(32-2)21(13-16)33-3/h4-10,13-14H,11-12,15H2,1-3H3,(H,26,27,31). The Kier molecular flexibility index (Phi) is 6.04. The van der Waals surface area contributed by atoms with E-state index in [9.17, 15) is 4.79 Å². The Bertz CT molecular complexity index is 1330. The maximum atomic E-state index is 13.4. The van der Waals surface area contributed by atoms with Gasteiger partial charge in [0.15, 0.2) is 16.6 Å². The number of aromatic nitrogens is 3. The highest BCUT2D eigenvalue weighted by molar-refractivity contribution is 7.15. The molecule has 0 bridgehead atoms. The van der Waals surface area contributed by atoms with Gasteiger partial charge in [-0.15, -0.1) is 11.3 Å². The van der Waals surface area contributed by atoms with E-state index in [2.05, 4.69) is 22.2 Å². The van der Waals surface area contributed by atoms with Gasteiger partial charge in [0, 0.05) is 36.1 Å². The number of para-hydroxylation sites is 1. The first kappa shape index (κ1) is 22.1. The van der Waals surface area contributed by atoms with Crippen molar-refractivity contribution in [3.63, 3.8) is 0 Å². The molecular weight excluding hydrogens is 450 g/mol. The Morgan fingerprint density at radius 1 is 1.09 bits per heavy atom. The van der Waals surface area contributed by atoms with Crippen molar-refractivity contribution in [2.75, 3.05) is 33.1 Å². The van der Waals surface area contributed by atoms with Gasteiger partial charge < -0.3 is 14.4 Å². The Hall–Kier alpha value is -3.69. The van der Waals surface area contributed by atoms with Gasteiger partial charge in [-0.2, -0.15) is 5.10 Å². The molecule has 0 saturated heterocycles. The average Bonchev–Trinajstić information content (AvgIpc) is 3.48. The van der Waals surface area contributed by atoms with Crippen LogP contribution in [0.5, 0.6) is 11.5 Å². The summed E-state index contributed by atoms with van der Waals surface area (Å²) in [6, 6.07) is 15.2. The van der Waals surface area contributed by atoms with Crippen LogP contribution in [0.4, 0.5) is 5.13 Å². The third kappa shape index (κ3) is 4.27.